The van der Waals surface area contributed by atoms with E-state index in [-0.39, 0.29) is 5.91 Å². The van der Waals surface area contributed by atoms with Crippen LogP contribution < -0.4 is 15.5 Å². The van der Waals surface area contributed by atoms with Crippen molar-refractivity contribution >= 4 is 28.9 Å². The van der Waals surface area contributed by atoms with Gasteiger partial charge in [0, 0.05) is 36.0 Å². The number of halogens is 1. The molecule has 1 aliphatic heterocycles. The number of benzene rings is 2. The Bertz CT molecular complexity index is 717. The predicted octanol–water partition coefficient (Wildman–Crippen LogP) is 3.20. The van der Waals surface area contributed by atoms with E-state index < -0.39 is 0 Å². The van der Waals surface area contributed by atoms with E-state index in [1.54, 1.807) is 6.07 Å². The third kappa shape index (κ3) is 3.84. The number of carbonyl (C=O) groups is 1. The van der Waals surface area contributed by atoms with Gasteiger partial charge in [0.2, 0.25) is 5.91 Å². The van der Waals surface area contributed by atoms with Crippen LogP contribution in [0.3, 0.4) is 0 Å². The Kier molecular flexibility index (Phi) is 4.84. The number of carbonyl (C=O) groups excluding carboxylic acids is 1. The largest absolute Gasteiger partial charge is 0.361 e. The number of amides is 1. The van der Waals surface area contributed by atoms with Gasteiger partial charge < -0.3 is 15.5 Å². The first kappa shape index (κ1) is 15.8. The molecule has 4 nitrogen and oxygen atoms in total. The van der Waals surface area contributed by atoms with Gasteiger partial charge in [-0.3, -0.25) is 4.79 Å². The van der Waals surface area contributed by atoms with Gasteiger partial charge >= 0.3 is 0 Å². The van der Waals surface area contributed by atoms with Crippen molar-refractivity contribution in [2.45, 2.75) is 13.5 Å². The highest BCUT2D eigenvalue weighted by Gasteiger charge is 2.17. The van der Waals surface area contributed by atoms with Crippen molar-refractivity contribution in [1.82, 2.24) is 5.32 Å². The zero-order valence-electron chi connectivity index (χ0n) is 13.1. The molecule has 0 unspecified atom stereocenters. The van der Waals surface area contributed by atoms with Crippen LogP contribution >= 0.6 is 11.6 Å². The Morgan fingerprint density at radius 2 is 2.13 bits per heavy atom. The van der Waals surface area contributed by atoms with E-state index in [9.17, 15) is 4.79 Å². The van der Waals surface area contributed by atoms with Crippen LogP contribution in [0.1, 0.15) is 11.1 Å². The molecule has 0 fully saturated rings. The fraction of sp³-hybridized carbons (Fsp3) is 0.278. The first-order chi connectivity index (χ1) is 11.1. The second-order valence-corrected chi connectivity index (χ2v) is 6.17. The molecule has 2 aromatic carbocycles. The molecule has 1 amide bonds. The molecule has 0 aliphatic carbocycles. The molecule has 0 radical (unpaired) electrons. The molecule has 5 heteroatoms. The number of nitrogens with one attached hydrogen (secondary N) is 2. The summed E-state index contributed by atoms with van der Waals surface area (Å²) in [4.78, 5) is 14.6. The lowest BCUT2D eigenvalue weighted by molar-refractivity contribution is -0.115. The highest BCUT2D eigenvalue weighted by Crippen LogP contribution is 2.23. The van der Waals surface area contributed by atoms with Crippen molar-refractivity contribution in [3.05, 3.63) is 58.6 Å². The molecule has 1 heterocycles. The van der Waals surface area contributed by atoms with Gasteiger partial charge in [0.25, 0.3) is 0 Å². The van der Waals surface area contributed by atoms with Gasteiger partial charge in [-0.2, -0.15) is 0 Å². The topological polar surface area (TPSA) is 44.4 Å². The van der Waals surface area contributed by atoms with Crippen LogP contribution in [0.15, 0.2) is 42.5 Å². The van der Waals surface area contributed by atoms with E-state index in [2.05, 4.69) is 27.7 Å². The molecule has 0 spiro atoms. The quantitative estimate of drug-likeness (QED) is 0.909. The van der Waals surface area contributed by atoms with Crippen LogP contribution in [0.4, 0.5) is 11.4 Å². The molecule has 1 aliphatic rings. The number of hydrogen-bond acceptors (Lipinski definition) is 3. The van der Waals surface area contributed by atoms with Crippen molar-refractivity contribution < 1.29 is 4.79 Å². The molecule has 0 saturated heterocycles. The van der Waals surface area contributed by atoms with Crippen molar-refractivity contribution in [2.75, 3.05) is 29.9 Å². The van der Waals surface area contributed by atoms with Crippen LogP contribution in [-0.2, 0) is 11.3 Å². The predicted molar refractivity (Wildman–Crippen MR) is 95.2 cm³/mol. The number of nitrogens with zero attached hydrogens (tertiary/aromatic N) is 1. The van der Waals surface area contributed by atoms with Gasteiger partial charge in [0.1, 0.15) is 0 Å². The Morgan fingerprint density at radius 1 is 1.30 bits per heavy atom. The van der Waals surface area contributed by atoms with Crippen LogP contribution in [-0.4, -0.2) is 25.5 Å². The normalized spacial score (nSPS) is 14.1. The third-order valence-electron chi connectivity index (χ3n) is 4.01. The maximum Gasteiger partial charge on any atom is 0.243 e. The van der Waals surface area contributed by atoms with Crippen molar-refractivity contribution in [3.8, 4) is 0 Å². The van der Waals surface area contributed by atoms with E-state index in [0.29, 0.717) is 11.6 Å². The third-order valence-corrected chi connectivity index (χ3v) is 4.25. The second-order valence-electron chi connectivity index (χ2n) is 5.73. The number of para-hydroxylation sites is 1. The van der Waals surface area contributed by atoms with Gasteiger partial charge in [-0.1, -0.05) is 35.9 Å². The number of aryl methyl sites for hydroxylation is 1. The van der Waals surface area contributed by atoms with Crippen LogP contribution in [0.5, 0.6) is 0 Å². The summed E-state index contributed by atoms with van der Waals surface area (Å²) < 4.78 is 0. The van der Waals surface area contributed by atoms with Gasteiger partial charge in [0.05, 0.1) is 6.54 Å². The molecule has 0 aromatic heterocycles. The number of rotatable bonds is 3. The highest BCUT2D eigenvalue weighted by atomic mass is 35.5. The van der Waals surface area contributed by atoms with Crippen molar-refractivity contribution in [2.24, 2.45) is 0 Å². The van der Waals surface area contributed by atoms with Crippen LogP contribution in [0, 0.1) is 6.92 Å². The molecule has 0 bridgehead atoms. The average molecular weight is 330 g/mol. The Morgan fingerprint density at radius 3 is 3.00 bits per heavy atom. The van der Waals surface area contributed by atoms with E-state index in [1.165, 1.54) is 5.56 Å². The number of fused-ring (bicyclic) bond motifs is 1. The molecule has 2 aromatic rings. The summed E-state index contributed by atoms with van der Waals surface area (Å²) in [6, 6.07) is 13.7. The smallest absolute Gasteiger partial charge is 0.243 e. The minimum Gasteiger partial charge on any atom is -0.361 e. The van der Waals surface area contributed by atoms with E-state index >= 15 is 0 Å². The fourth-order valence-electron chi connectivity index (χ4n) is 2.78. The molecular formula is C18H20ClN3O. The van der Waals surface area contributed by atoms with Gasteiger partial charge in [0.15, 0.2) is 0 Å². The summed E-state index contributed by atoms with van der Waals surface area (Å²) in [5, 5.41) is 6.97. The highest BCUT2D eigenvalue weighted by molar-refractivity contribution is 6.31. The van der Waals surface area contributed by atoms with Gasteiger partial charge in [-0.25, -0.2) is 0 Å². The first-order valence-electron chi connectivity index (χ1n) is 7.73. The lowest BCUT2D eigenvalue weighted by atomic mass is 10.1. The average Bonchev–Trinajstić information content (AvgIpc) is 2.74. The summed E-state index contributed by atoms with van der Waals surface area (Å²) >= 11 is 6.01. The molecule has 2 N–H and O–H groups in total. The molecule has 3 rings (SSSR count). The summed E-state index contributed by atoms with van der Waals surface area (Å²) in [7, 11) is 0. The fourth-order valence-corrected chi connectivity index (χ4v) is 2.95. The summed E-state index contributed by atoms with van der Waals surface area (Å²) in [5.74, 6) is -0.0351. The maximum atomic E-state index is 12.4. The van der Waals surface area contributed by atoms with Gasteiger partial charge in [-0.05, 0) is 36.2 Å². The van der Waals surface area contributed by atoms with Crippen LogP contribution in [0.2, 0.25) is 5.02 Å². The molecular weight excluding hydrogens is 310 g/mol. The van der Waals surface area contributed by atoms with E-state index in [0.717, 1.165) is 36.6 Å². The maximum absolute atomic E-state index is 12.4. The zero-order valence-corrected chi connectivity index (χ0v) is 13.9. The van der Waals surface area contributed by atoms with E-state index in [4.69, 9.17) is 11.6 Å². The Hall–Kier alpha value is -2.04. The van der Waals surface area contributed by atoms with Crippen molar-refractivity contribution in [1.29, 1.82) is 0 Å². The van der Waals surface area contributed by atoms with Crippen molar-refractivity contribution in [3.63, 3.8) is 0 Å². The Balaban J connectivity index is 1.74. The van der Waals surface area contributed by atoms with Crippen LogP contribution in [0.25, 0.3) is 0 Å². The van der Waals surface area contributed by atoms with E-state index in [1.807, 2.05) is 31.2 Å². The molecule has 0 atom stereocenters. The zero-order chi connectivity index (χ0) is 16.2. The monoisotopic (exact) mass is 329 g/mol. The minimum absolute atomic E-state index is 0.0351. The molecule has 23 heavy (non-hydrogen) atoms. The minimum atomic E-state index is -0.0351. The lowest BCUT2D eigenvalue weighted by Crippen LogP contribution is -2.36. The SMILES string of the molecule is Cc1ccc(Cl)cc1NC(=O)CN1CCNCc2ccccc21. The number of hydrogen-bond donors (Lipinski definition) is 2. The molecule has 0 saturated carbocycles. The van der Waals surface area contributed by atoms with Gasteiger partial charge in [-0.15, -0.1) is 0 Å². The summed E-state index contributed by atoms with van der Waals surface area (Å²) in [6.45, 7) is 4.78. The first-order valence-corrected chi connectivity index (χ1v) is 8.11. The molecule has 120 valence electrons. The standard InChI is InChI=1S/C18H20ClN3O/c1-13-6-7-15(19)10-16(13)21-18(23)12-22-9-8-20-11-14-4-2-3-5-17(14)22/h2-7,10,20H,8-9,11-12H2,1H3,(H,21,23). The Labute approximate surface area is 141 Å². The summed E-state index contributed by atoms with van der Waals surface area (Å²) in [5.41, 5.74) is 4.11. The lowest BCUT2D eigenvalue weighted by Gasteiger charge is -2.24. The number of anilines is 2. The second kappa shape index (κ2) is 7.02. The summed E-state index contributed by atoms with van der Waals surface area (Å²) in [6.07, 6.45) is 0.